The van der Waals surface area contributed by atoms with E-state index in [0.29, 0.717) is 0 Å². The van der Waals surface area contributed by atoms with Crippen molar-refractivity contribution in [1.82, 2.24) is 13.3 Å². The Bertz CT molecular complexity index is 1020. The molecule has 0 aromatic heterocycles. The first kappa shape index (κ1) is 36.4. The Morgan fingerprint density at radius 2 is 0.553 bits per heavy atom. The summed E-state index contributed by atoms with van der Waals surface area (Å²) in [5.41, 5.74) is -2.12. The van der Waals surface area contributed by atoms with Crippen molar-refractivity contribution in [2.45, 2.75) is 158 Å². The molecule has 0 aliphatic carbocycles. The van der Waals surface area contributed by atoms with Gasteiger partial charge in [-0.05, 0) is 0 Å². The Kier molecular flexibility index (Phi) is 10.1. The van der Waals surface area contributed by atoms with Crippen LogP contribution in [0.2, 0.25) is 0 Å². The fourth-order valence-electron chi connectivity index (χ4n) is 3.56. The molecule has 0 unspecified atom stereocenters. The summed E-state index contributed by atoms with van der Waals surface area (Å²) in [7, 11) is -6.74. The van der Waals surface area contributed by atoms with Crippen LogP contribution in [0.3, 0.4) is 0 Å². The van der Waals surface area contributed by atoms with E-state index in [-0.39, 0.29) is 11.1 Å². The van der Waals surface area contributed by atoms with E-state index < -0.39 is 70.9 Å². The van der Waals surface area contributed by atoms with Crippen molar-refractivity contribution >= 4 is 48.7 Å². The standard InChI is InChI=1S/2C12H27N3O2SSe/c2*1-10(2,3)13-19-14(11(4,5)6)18(16,17)15(19)12(7,8)9/h2*1-9H3. The Morgan fingerprint density at radius 1 is 0.395 bits per heavy atom. The molecule has 2 heterocycles. The van der Waals surface area contributed by atoms with E-state index in [4.69, 9.17) is 7.92 Å². The first-order valence-electron chi connectivity index (χ1n) is 12.8. The SMILES string of the molecule is CC(C)(C)N=[Se]1N(C(C)(C)C)S(=O)(=O)N1C(C)(C)C.CC(C)(C)N=[Se]1N(C(C)(C)C)S(=O)(=O)N1C(C)(C)C. The van der Waals surface area contributed by atoms with Gasteiger partial charge in [-0.1, -0.05) is 0 Å². The second kappa shape index (κ2) is 10.6. The summed E-state index contributed by atoms with van der Waals surface area (Å²) in [5, 5.41) is 0. The normalized spacial score (nSPS) is 23.2. The maximum absolute atomic E-state index is 12.6. The monoisotopic (exact) mass is 714 g/mol. The van der Waals surface area contributed by atoms with Crippen LogP contribution in [0.5, 0.6) is 0 Å². The minimum atomic E-state index is -3.37. The van der Waals surface area contributed by atoms with E-state index in [2.05, 4.69) is 0 Å². The molecule has 2 fully saturated rings. The van der Waals surface area contributed by atoms with Gasteiger partial charge in [-0.25, -0.2) is 0 Å². The van der Waals surface area contributed by atoms with Crippen LogP contribution in [0.25, 0.3) is 0 Å². The predicted molar refractivity (Wildman–Crippen MR) is 160 cm³/mol. The average molecular weight is 713 g/mol. The second-order valence-corrected chi connectivity index (χ2v) is 26.8. The third-order valence-electron chi connectivity index (χ3n) is 4.33. The van der Waals surface area contributed by atoms with Gasteiger partial charge in [0, 0.05) is 0 Å². The predicted octanol–water partition coefficient (Wildman–Crippen LogP) is 5.00. The van der Waals surface area contributed by atoms with Crippen molar-refractivity contribution in [3.8, 4) is 0 Å². The summed E-state index contributed by atoms with van der Waals surface area (Å²) < 4.78 is 66.3. The molecule has 0 saturated carbocycles. The molecule has 228 valence electrons. The molecule has 14 heteroatoms. The Hall–Kier alpha value is 0.379. The summed E-state index contributed by atoms with van der Waals surface area (Å²) in [4.78, 5) is 0. The second-order valence-electron chi connectivity index (χ2n) is 15.6. The topological polar surface area (TPSA) is 106 Å². The summed E-state index contributed by atoms with van der Waals surface area (Å²) in [5.74, 6) is 0. The van der Waals surface area contributed by atoms with Crippen LogP contribution >= 0.6 is 0 Å². The number of hydrogen-bond donors (Lipinski definition) is 0. The van der Waals surface area contributed by atoms with E-state index in [1.54, 1.807) is 13.3 Å². The molecule has 0 aromatic rings. The molecule has 2 saturated heterocycles. The van der Waals surface area contributed by atoms with Crippen molar-refractivity contribution in [3.05, 3.63) is 0 Å². The minimum absolute atomic E-state index is 0.229. The van der Waals surface area contributed by atoms with Crippen LogP contribution < -0.4 is 0 Å². The van der Waals surface area contributed by atoms with E-state index in [0.717, 1.165) is 0 Å². The van der Waals surface area contributed by atoms with Crippen LogP contribution in [0.15, 0.2) is 7.92 Å². The van der Waals surface area contributed by atoms with Gasteiger partial charge in [0.2, 0.25) is 0 Å². The molecule has 2 aliphatic heterocycles. The van der Waals surface area contributed by atoms with Crippen molar-refractivity contribution in [3.63, 3.8) is 0 Å². The summed E-state index contributed by atoms with van der Waals surface area (Å²) >= 11 is -3.73. The molecule has 0 amide bonds. The zero-order valence-electron chi connectivity index (χ0n) is 26.9. The zero-order chi connectivity index (χ0) is 30.9. The fourth-order valence-corrected chi connectivity index (χ4v) is 21.0. The van der Waals surface area contributed by atoms with Crippen LogP contribution in [0, 0.1) is 0 Å². The van der Waals surface area contributed by atoms with Gasteiger partial charge in [0.1, 0.15) is 0 Å². The zero-order valence-corrected chi connectivity index (χ0v) is 32.0. The van der Waals surface area contributed by atoms with Gasteiger partial charge in [-0.2, -0.15) is 0 Å². The molecule has 2 aliphatic rings. The van der Waals surface area contributed by atoms with E-state index in [9.17, 15) is 16.8 Å². The maximum atomic E-state index is 12.6. The molecule has 0 radical (unpaired) electrons. The molecule has 0 aromatic carbocycles. The van der Waals surface area contributed by atoms with Crippen molar-refractivity contribution < 1.29 is 16.8 Å². The van der Waals surface area contributed by atoms with Gasteiger partial charge in [-0.3, -0.25) is 0 Å². The Morgan fingerprint density at radius 3 is 0.658 bits per heavy atom. The molecule has 2 rings (SSSR count). The fraction of sp³-hybridized carbons (Fsp3) is 1.00. The first-order chi connectivity index (χ1) is 16.2. The van der Waals surface area contributed by atoms with Crippen molar-refractivity contribution in [2.75, 3.05) is 0 Å². The molecule has 0 spiro atoms. The molecule has 0 N–H and O–H groups in total. The van der Waals surface area contributed by atoms with Crippen LogP contribution in [-0.4, -0.2) is 91.6 Å². The number of hydrogen-bond acceptors (Lipinski definition) is 6. The number of rotatable bonds is 0. The first-order valence-corrected chi connectivity index (χ1v) is 20.2. The van der Waals surface area contributed by atoms with Gasteiger partial charge in [-0.15, -0.1) is 0 Å². The van der Waals surface area contributed by atoms with Gasteiger partial charge < -0.3 is 0 Å². The number of nitrogens with zero attached hydrogens (tertiary/aromatic N) is 6. The third kappa shape index (κ3) is 8.23. The molecule has 0 atom stereocenters. The van der Waals surface area contributed by atoms with Gasteiger partial charge in [0.15, 0.2) is 0 Å². The molecule has 10 nitrogen and oxygen atoms in total. The van der Waals surface area contributed by atoms with E-state index in [1.165, 1.54) is 0 Å². The summed E-state index contributed by atoms with van der Waals surface area (Å²) in [6.45, 7) is 35.3. The van der Waals surface area contributed by atoms with Gasteiger partial charge >= 0.3 is 245 Å². The van der Waals surface area contributed by atoms with Crippen molar-refractivity contribution in [1.29, 1.82) is 0 Å². The summed E-state index contributed by atoms with van der Waals surface area (Å²) in [6, 6.07) is 0. The Balaban J connectivity index is 0.000000380. The van der Waals surface area contributed by atoms with Crippen molar-refractivity contribution in [2.24, 2.45) is 7.92 Å². The molecule has 38 heavy (non-hydrogen) atoms. The van der Waals surface area contributed by atoms with E-state index >= 15 is 0 Å². The quantitative estimate of drug-likeness (QED) is 0.330. The van der Waals surface area contributed by atoms with Gasteiger partial charge in [0.25, 0.3) is 0 Å². The third-order valence-corrected chi connectivity index (χ3v) is 25.8. The average Bonchev–Trinajstić information content (AvgIpc) is 2.43. The molecule has 0 bridgehead atoms. The van der Waals surface area contributed by atoms with Crippen LogP contribution in [0.1, 0.15) is 125 Å². The van der Waals surface area contributed by atoms with E-state index in [1.807, 2.05) is 125 Å². The Labute approximate surface area is 243 Å². The molecular formula is C24H54N6O4S2Se2. The summed E-state index contributed by atoms with van der Waals surface area (Å²) in [6.07, 6.45) is 0. The van der Waals surface area contributed by atoms with Crippen LogP contribution in [-0.2, 0) is 20.4 Å². The molecular weight excluding hydrogens is 658 g/mol. The van der Waals surface area contributed by atoms with Crippen LogP contribution in [0.4, 0.5) is 0 Å². The van der Waals surface area contributed by atoms with Gasteiger partial charge in [0.05, 0.1) is 0 Å².